The number of imide groups is 1. The predicted molar refractivity (Wildman–Crippen MR) is 64.4 cm³/mol. The summed E-state index contributed by atoms with van der Waals surface area (Å²) in [6.07, 6.45) is 4.04. The monoisotopic (exact) mass is 249 g/mol. The van der Waals surface area contributed by atoms with Crippen molar-refractivity contribution in [2.24, 2.45) is 23.2 Å². The van der Waals surface area contributed by atoms with Crippen LogP contribution >= 0.6 is 0 Å². The van der Waals surface area contributed by atoms with Crippen LogP contribution in [0, 0.1) is 23.2 Å². The van der Waals surface area contributed by atoms with Gasteiger partial charge in [0.1, 0.15) is 0 Å². The summed E-state index contributed by atoms with van der Waals surface area (Å²) in [6, 6.07) is 0. The molecule has 0 radical (unpaired) electrons. The highest BCUT2D eigenvalue weighted by atomic mass is 16.2. The van der Waals surface area contributed by atoms with E-state index in [9.17, 15) is 14.4 Å². The highest BCUT2D eigenvalue weighted by Gasteiger charge is 2.72. The number of likely N-dealkylation sites (tertiary alicyclic amines) is 1. The van der Waals surface area contributed by atoms with Gasteiger partial charge < -0.3 is 0 Å². The largest absolute Gasteiger partial charge is 0.297 e. The number of nitrogens with zero attached hydrogens (tertiary/aromatic N) is 1. The molecule has 98 valence electrons. The number of hydrogen-bond donors (Lipinski definition) is 0. The van der Waals surface area contributed by atoms with E-state index < -0.39 is 0 Å². The Morgan fingerprint density at radius 3 is 2.17 bits per heavy atom. The topological polar surface area (TPSA) is 54.5 Å². The molecule has 2 unspecified atom stereocenters. The lowest BCUT2D eigenvalue weighted by atomic mass is 10.0. The van der Waals surface area contributed by atoms with Gasteiger partial charge in [-0.2, -0.15) is 0 Å². The minimum Gasteiger partial charge on any atom is -0.297 e. The summed E-state index contributed by atoms with van der Waals surface area (Å²) in [5.41, 5.74) is -0.179. The lowest BCUT2D eigenvalue weighted by Crippen LogP contribution is -2.41. The molecule has 3 aliphatic rings. The Kier molecular flexibility index (Phi) is 2.41. The molecule has 0 bridgehead atoms. The Hall–Kier alpha value is -1.19. The van der Waals surface area contributed by atoms with Crippen molar-refractivity contribution >= 4 is 17.6 Å². The van der Waals surface area contributed by atoms with Gasteiger partial charge >= 0.3 is 0 Å². The molecule has 2 saturated carbocycles. The van der Waals surface area contributed by atoms with Crippen molar-refractivity contribution < 1.29 is 14.4 Å². The van der Waals surface area contributed by atoms with Crippen LogP contribution in [0.3, 0.4) is 0 Å². The standard InChI is InChI=1S/C14H19NO3/c1-14(2)10-11(14)13(18)15(12(10)17)7-9(16)8-5-3-4-6-8/h8,10-11H,3-7H2,1-2H3. The number of piperidine rings is 1. The highest BCUT2D eigenvalue weighted by Crippen LogP contribution is 2.63. The maximum Gasteiger partial charge on any atom is 0.234 e. The Morgan fingerprint density at radius 2 is 1.67 bits per heavy atom. The lowest BCUT2D eigenvalue weighted by Gasteiger charge is -2.21. The van der Waals surface area contributed by atoms with Crippen LogP contribution in [0.25, 0.3) is 0 Å². The highest BCUT2D eigenvalue weighted by molar-refractivity contribution is 6.12. The van der Waals surface area contributed by atoms with Crippen LogP contribution in [0.2, 0.25) is 0 Å². The van der Waals surface area contributed by atoms with Crippen LogP contribution in [0.4, 0.5) is 0 Å². The van der Waals surface area contributed by atoms with Gasteiger partial charge in [0.05, 0.1) is 18.4 Å². The first-order valence-corrected chi connectivity index (χ1v) is 6.82. The quantitative estimate of drug-likeness (QED) is 0.710. The van der Waals surface area contributed by atoms with E-state index in [4.69, 9.17) is 0 Å². The van der Waals surface area contributed by atoms with Gasteiger partial charge in [-0.25, -0.2) is 0 Å². The summed E-state index contributed by atoms with van der Waals surface area (Å²) < 4.78 is 0. The number of fused-ring (bicyclic) bond motifs is 1. The van der Waals surface area contributed by atoms with Crippen LogP contribution in [-0.2, 0) is 14.4 Å². The molecule has 0 spiro atoms. The molecule has 1 heterocycles. The summed E-state index contributed by atoms with van der Waals surface area (Å²) in [7, 11) is 0. The van der Waals surface area contributed by atoms with Crippen LogP contribution < -0.4 is 0 Å². The normalized spacial score (nSPS) is 34.0. The lowest BCUT2D eigenvalue weighted by molar-refractivity contribution is -0.146. The van der Waals surface area contributed by atoms with Crippen molar-refractivity contribution in [1.29, 1.82) is 0 Å². The molecule has 0 aromatic carbocycles. The van der Waals surface area contributed by atoms with E-state index in [0.717, 1.165) is 25.7 Å². The SMILES string of the molecule is CC1(C)C2C(=O)N(CC(=O)C3CCCC3)C(=O)C21. The van der Waals surface area contributed by atoms with Gasteiger partial charge in [-0.15, -0.1) is 0 Å². The average molecular weight is 249 g/mol. The Bertz CT molecular complexity index is 410. The first-order chi connectivity index (χ1) is 8.44. The van der Waals surface area contributed by atoms with Gasteiger partial charge in [0.25, 0.3) is 0 Å². The second-order valence-corrected chi connectivity index (χ2v) is 6.49. The molecule has 0 aromatic rings. The van der Waals surface area contributed by atoms with E-state index in [-0.39, 0.29) is 47.3 Å². The molecule has 0 aromatic heterocycles. The second-order valence-electron chi connectivity index (χ2n) is 6.49. The minimum atomic E-state index is -0.179. The van der Waals surface area contributed by atoms with E-state index >= 15 is 0 Å². The Balaban J connectivity index is 1.67. The van der Waals surface area contributed by atoms with Gasteiger partial charge in [-0.3, -0.25) is 19.3 Å². The summed E-state index contributed by atoms with van der Waals surface area (Å²) in [5.74, 6) is -0.422. The third-order valence-electron chi connectivity index (χ3n) is 5.02. The average Bonchev–Trinajstić information content (AvgIpc) is 2.74. The maximum absolute atomic E-state index is 12.1. The summed E-state index contributed by atoms with van der Waals surface area (Å²) in [6.45, 7) is 3.92. The number of carbonyl (C=O) groups is 3. The van der Waals surface area contributed by atoms with Crippen molar-refractivity contribution in [1.82, 2.24) is 4.90 Å². The molecular formula is C14H19NO3. The molecule has 18 heavy (non-hydrogen) atoms. The zero-order valence-corrected chi connectivity index (χ0v) is 10.9. The fourth-order valence-corrected chi connectivity index (χ4v) is 3.69. The molecule has 2 atom stereocenters. The van der Waals surface area contributed by atoms with E-state index in [0.29, 0.717) is 0 Å². The first kappa shape index (κ1) is 11.9. The van der Waals surface area contributed by atoms with E-state index in [2.05, 4.69) is 0 Å². The van der Waals surface area contributed by atoms with Crippen LogP contribution in [0.15, 0.2) is 0 Å². The van der Waals surface area contributed by atoms with Crippen LogP contribution in [0.5, 0.6) is 0 Å². The van der Waals surface area contributed by atoms with Gasteiger partial charge in [0.15, 0.2) is 5.78 Å². The van der Waals surface area contributed by atoms with Crippen LogP contribution in [0.1, 0.15) is 39.5 Å². The molecule has 2 amide bonds. The van der Waals surface area contributed by atoms with E-state index in [1.165, 1.54) is 4.90 Å². The number of Topliss-reactive ketones (excluding diaryl/α,β-unsaturated/α-hetero) is 1. The third-order valence-corrected chi connectivity index (χ3v) is 5.02. The molecule has 4 nitrogen and oxygen atoms in total. The number of hydrogen-bond acceptors (Lipinski definition) is 3. The third kappa shape index (κ3) is 1.47. The van der Waals surface area contributed by atoms with Crippen molar-refractivity contribution in [3.63, 3.8) is 0 Å². The van der Waals surface area contributed by atoms with Crippen LogP contribution in [-0.4, -0.2) is 29.0 Å². The molecule has 1 aliphatic heterocycles. The predicted octanol–water partition coefficient (Wildman–Crippen LogP) is 1.39. The van der Waals surface area contributed by atoms with Crippen molar-refractivity contribution in [2.45, 2.75) is 39.5 Å². The summed E-state index contributed by atoms with van der Waals surface area (Å²) in [4.78, 5) is 37.4. The molecule has 3 rings (SSSR count). The second kappa shape index (κ2) is 3.65. The minimum absolute atomic E-state index is 0.0193. The molecule has 1 saturated heterocycles. The molecule has 4 heteroatoms. The molecule has 3 fully saturated rings. The Morgan fingerprint density at radius 1 is 1.17 bits per heavy atom. The number of amides is 2. The fourth-order valence-electron chi connectivity index (χ4n) is 3.69. The summed E-state index contributed by atoms with van der Waals surface area (Å²) in [5, 5.41) is 0. The van der Waals surface area contributed by atoms with Gasteiger partial charge in [0.2, 0.25) is 11.8 Å². The smallest absolute Gasteiger partial charge is 0.234 e. The van der Waals surface area contributed by atoms with Crippen molar-refractivity contribution in [2.75, 3.05) is 6.54 Å². The zero-order valence-electron chi connectivity index (χ0n) is 10.9. The fraction of sp³-hybridized carbons (Fsp3) is 0.786. The number of carbonyl (C=O) groups excluding carboxylic acids is 3. The van der Waals surface area contributed by atoms with Gasteiger partial charge in [-0.05, 0) is 18.3 Å². The van der Waals surface area contributed by atoms with Crippen molar-refractivity contribution in [3.05, 3.63) is 0 Å². The van der Waals surface area contributed by atoms with Gasteiger partial charge in [0, 0.05) is 5.92 Å². The Labute approximate surface area is 107 Å². The molecule has 2 aliphatic carbocycles. The first-order valence-electron chi connectivity index (χ1n) is 6.82. The molecular weight excluding hydrogens is 230 g/mol. The van der Waals surface area contributed by atoms with E-state index in [1.807, 2.05) is 13.8 Å². The zero-order chi connectivity index (χ0) is 13.1. The number of rotatable bonds is 3. The molecule has 0 N–H and O–H groups in total. The van der Waals surface area contributed by atoms with E-state index in [1.54, 1.807) is 0 Å². The van der Waals surface area contributed by atoms with Gasteiger partial charge in [-0.1, -0.05) is 26.7 Å². The summed E-state index contributed by atoms with van der Waals surface area (Å²) >= 11 is 0. The maximum atomic E-state index is 12.1. The van der Waals surface area contributed by atoms with Crippen molar-refractivity contribution in [3.8, 4) is 0 Å². The number of ketones is 1.